The van der Waals surface area contributed by atoms with Gasteiger partial charge in [0.2, 0.25) is 5.91 Å². The molecule has 0 unspecified atom stereocenters. The summed E-state index contributed by atoms with van der Waals surface area (Å²) < 4.78 is 30.9. The van der Waals surface area contributed by atoms with Crippen molar-refractivity contribution in [1.82, 2.24) is 5.32 Å². The third-order valence-electron chi connectivity index (χ3n) is 3.23. The maximum atomic E-state index is 13.1. The number of carbonyl (C=O) groups excluding carboxylic acids is 2. The van der Waals surface area contributed by atoms with Crippen LogP contribution in [0, 0.1) is 17.6 Å². The summed E-state index contributed by atoms with van der Waals surface area (Å²) in [5.41, 5.74) is 0.0761. The average molecular weight is 343 g/mol. The number of aliphatic carboxylic acids is 1. The number of carboxylic acid groups (broad SMARTS) is 1. The predicted molar refractivity (Wildman–Crippen MR) is 80.0 cm³/mol. The Morgan fingerprint density at radius 1 is 1.21 bits per heavy atom. The lowest BCUT2D eigenvalue weighted by Crippen LogP contribution is -2.46. The normalized spacial score (nSPS) is 13.0. The highest BCUT2D eigenvalue weighted by atomic mass is 19.1. The molecule has 0 aromatic heterocycles. The first-order valence-corrected chi connectivity index (χ1v) is 7.35. The van der Waals surface area contributed by atoms with Crippen molar-refractivity contribution in [1.29, 1.82) is 0 Å². The Bertz CT molecular complexity index is 600. The molecule has 0 bridgehead atoms. The highest BCUT2D eigenvalue weighted by Crippen LogP contribution is 2.12. The molecule has 6 nitrogen and oxygen atoms in total. The van der Waals surface area contributed by atoms with Crippen LogP contribution in [0.25, 0.3) is 0 Å². The Morgan fingerprint density at radius 2 is 1.79 bits per heavy atom. The SMILES string of the molecule is CCOC(=O)C[C@@H](C)[C@H](NC(=O)Cc1cc(F)cc(F)c1)C(=O)O. The number of nitrogens with one attached hydrogen (secondary N) is 1. The van der Waals surface area contributed by atoms with E-state index < -0.39 is 41.4 Å². The Hall–Kier alpha value is -2.51. The van der Waals surface area contributed by atoms with Gasteiger partial charge in [-0.05, 0) is 30.5 Å². The van der Waals surface area contributed by atoms with E-state index in [1.165, 1.54) is 6.92 Å². The summed E-state index contributed by atoms with van der Waals surface area (Å²) in [5, 5.41) is 11.5. The Kier molecular flexibility index (Phi) is 7.29. The van der Waals surface area contributed by atoms with Gasteiger partial charge in [-0.15, -0.1) is 0 Å². The Morgan fingerprint density at radius 3 is 2.29 bits per heavy atom. The molecular formula is C16H19F2NO5. The zero-order valence-corrected chi connectivity index (χ0v) is 13.3. The number of esters is 1. The van der Waals surface area contributed by atoms with Gasteiger partial charge >= 0.3 is 11.9 Å². The first-order chi connectivity index (χ1) is 11.2. The second kappa shape index (κ2) is 8.95. The van der Waals surface area contributed by atoms with E-state index in [4.69, 9.17) is 4.74 Å². The van der Waals surface area contributed by atoms with Crippen molar-refractivity contribution in [3.8, 4) is 0 Å². The minimum Gasteiger partial charge on any atom is -0.480 e. The summed E-state index contributed by atoms with van der Waals surface area (Å²) in [6.07, 6.45) is -0.565. The molecule has 0 heterocycles. The number of ether oxygens (including phenoxy) is 1. The number of benzene rings is 1. The highest BCUT2D eigenvalue weighted by molar-refractivity contribution is 5.85. The molecule has 2 atom stereocenters. The summed E-state index contributed by atoms with van der Waals surface area (Å²) in [6.45, 7) is 3.27. The third-order valence-corrected chi connectivity index (χ3v) is 3.23. The van der Waals surface area contributed by atoms with E-state index in [-0.39, 0.29) is 25.0 Å². The maximum absolute atomic E-state index is 13.1. The molecule has 0 fully saturated rings. The largest absolute Gasteiger partial charge is 0.480 e. The zero-order chi connectivity index (χ0) is 18.3. The van der Waals surface area contributed by atoms with Crippen LogP contribution in [-0.2, 0) is 25.5 Å². The van der Waals surface area contributed by atoms with Gasteiger partial charge < -0.3 is 15.2 Å². The molecule has 8 heteroatoms. The van der Waals surface area contributed by atoms with Gasteiger partial charge in [0.1, 0.15) is 17.7 Å². The van der Waals surface area contributed by atoms with Crippen molar-refractivity contribution in [2.24, 2.45) is 5.92 Å². The van der Waals surface area contributed by atoms with Crippen LogP contribution in [0.3, 0.4) is 0 Å². The summed E-state index contributed by atoms with van der Waals surface area (Å²) in [7, 11) is 0. The summed E-state index contributed by atoms with van der Waals surface area (Å²) >= 11 is 0. The first-order valence-electron chi connectivity index (χ1n) is 7.35. The third kappa shape index (κ3) is 6.31. The van der Waals surface area contributed by atoms with Gasteiger partial charge in [-0.25, -0.2) is 13.6 Å². The molecule has 0 spiro atoms. The van der Waals surface area contributed by atoms with Crippen LogP contribution in [0.2, 0.25) is 0 Å². The van der Waals surface area contributed by atoms with Crippen LogP contribution in [0.1, 0.15) is 25.8 Å². The minimum atomic E-state index is -1.32. The topological polar surface area (TPSA) is 92.7 Å². The lowest BCUT2D eigenvalue weighted by Gasteiger charge is -2.20. The van der Waals surface area contributed by atoms with Gasteiger partial charge in [-0.2, -0.15) is 0 Å². The van der Waals surface area contributed by atoms with E-state index in [0.29, 0.717) is 6.07 Å². The summed E-state index contributed by atoms with van der Waals surface area (Å²) in [6, 6.07) is 1.32. The van der Waals surface area contributed by atoms with Gasteiger partial charge in [0.05, 0.1) is 19.4 Å². The van der Waals surface area contributed by atoms with Crippen molar-refractivity contribution in [2.45, 2.75) is 32.7 Å². The minimum absolute atomic E-state index is 0.0761. The van der Waals surface area contributed by atoms with Gasteiger partial charge in [0.15, 0.2) is 0 Å². The van der Waals surface area contributed by atoms with Gasteiger partial charge in [0.25, 0.3) is 0 Å². The standard InChI is InChI=1S/C16H19F2NO5/c1-3-24-14(21)4-9(2)15(16(22)23)19-13(20)7-10-5-11(17)8-12(18)6-10/h5-6,8-9,15H,3-4,7H2,1-2H3,(H,19,20)(H,22,23)/t9-,15+/m1/s1. The van der Waals surface area contributed by atoms with Crippen molar-refractivity contribution in [3.05, 3.63) is 35.4 Å². The fraction of sp³-hybridized carbons (Fsp3) is 0.438. The van der Waals surface area contributed by atoms with E-state index in [1.807, 2.05) is 0 Å². The number of hydrogen-bond acceptors (Lipinski definition) is 4. The van der Waals surface area contributed by atoms with Crippen molar-refractivity contribution >= 4 is 17.8 Å². The number of hydrogen-bond donors (Lipinski definition) is 2. The average Bonchev–Trinajstić information content (AvgIpc) is 2.43. The molecule has 132 valence electrons. The molecule has 0 saturated heterocycles. The molecule has 1 amide bonds. The molecule has 2 N–H and O–H groups in total. The fourth-order valence-electron chi connectivity index (χ4n) is 2.17. The number of rotatable bonds is 8. The number of carbonyl (C=O) groups is 3. The van der Waals surface area contributed by atoms with E-state index in [1.54, 1.807) is 6.92 Å². The second-order valence-corrected chi connectivity index (χ2v) is 5.32. The number of amides is 1. The van der Waals surface area contributed by atoms with E-state index in [0.717, 1.165) is 12.1 Å². The molecular weight excluding hydrogens is 324 g/mol. The van der Waals surface area contributed by atoms with Crippen LogP contribution in [0.15, 0.2) is 18.2 Å². The van der Waals surface area contributed by atoms with E-state index >= 15 is 0 Å². The second-order valence-electron chi connectivity index (χ2n) is 5.32. The lowest BCUT2D eigenvalue weighted by molar-refractivity contribution is -0.147. The summed E-state index contributed by atoms with van der Waals surface area (Å²) in [5.74, 6) is -4.98. The first kappa shape index (κ1) is 19.5. The van der Waals surface area contributed by atoms with Crippen molar-refractivity contribution in [2.75, 3.05) is 6.61 Å². The number of halogens is 2. The molecule has 24 heavy (non-hydrogen) atoms. The fourth-order valence-corrected chi connectivity index (χ4v) is 2.17. The molecule has 1 aromatic carbocycles. The predicted octanol–water partition coefficient (Wildman–Crippen LogP) is 1.67. The zero-order valence-electron chi connectivity index (χ0n) is 13.3. The Balaban J connectivity index is 2.71. The smallest absolute Gasteiger partial charge is 0.326 e. The Labute approximate surface area is 137 Å². The van der Waals surface area contributed by atoms with Crippen molar-refractivity contribution < 1.29 is 33.0 Å². The van der Waals surface area contributed by atoms with Gasteiger partial charge in [-0.1, -0.05) is 6.92 Å². The van der Waals surface area contributed by atoms with Crippen LogP contribution >= 0.6 is 0 Å². The maximum Gasteiger partial charge on any atom is 0.326 e. The highest BCUT2D eigenvalue weighted by Gasteiger charge is 2.28. The number of carboxylic acids is 1. The molecule has 0 aliphatic carbocycles. The van der Waals surface area contributed by atoms with Crippen LogP contribution in [-0.4, -0.2) is 35.6 Å². The van der Waals surface area contributed by atoms with Crippen LogP contribution in [0.4, 0.5) is 8.78 Å². The summed E-state index contributed by atoms with van der Waals surface area (Å²) in [4.78, 5) is 34.6. The van der Waals surface area contributed by atoms with Gasteiger partial charge in [-0.3, -0.25) is 9.59 Å². The van der Waals surface area contributed by atoms with Crippen LogP contribution < -0.4 is 5.32 Å². The lowest BCUT2D eigenvalue weighted by atomic mass is 9.98. The molecule has 0 aliphatic rings. The van der Waals surface area contributed by atoms with E-state index in [2.05, 4.69) is 5.32 Å². The quantitative estimate of drug-likeness (QED) is 0.701. The molecule has 0 saturated carbocycles. The molecule has 1 aromatic rings. The molecule has 0 radical (unpaired) electrons. The van der Waals surface area contributed by atoms with Crippen molar-refractivity contribution in [3.63, 3.8) is 0 Å². The van der Waals surface area contributed by atoms with Crippen LogP contribution in [0.5, 0.6) is 0 Å². The monoisotopic (exact) mass is 343 g/mol. The molecule has 1 rings (SSSR count). The molecule has 0 aliphatic heterocycles. The van der Waals surface area contributed by atoms with Gasteiger partial charge in [0, 0.05) is 6.07 Å². The van der Waals surface area contributed by atoms with E-state index in [9.17, 15) is 28.3 Å².